The second-order valence-corrected chi connectivity index (χ2v) is 5.41. The Balaban J connectivity index is 1.51. The molecule has 0 bridgehead atoms. The number of rotatable bonds is 14. The predicted octanol–water partition coefficient (Wildman–Crippen LogP) is 1.84. The fraction of sp³-hybridized carbons (Fsp3) is 0.611. The first-order valence-corrected chi connectivity index (χ1v) is 8.44. The topological polar surface area (TPSA) is 43.0 Å². The molecule has 2 aliphatic rings. The lowest BCUT2D eigenvalue weighted by atomic mass is 10.2. The SMILES string of the molecule is CCOCCOCCOCCCN(CC1C=CN1)C1=C=CC=C1. The fourth-order valence-corrected chi connectivity index (χ4v) is 2.35. The zero-order chi connectivity index (χ0) is 16.2. The third-order valence-corrected chi connectivity index (χ3v) is 3.64. The normalized spacial score (nSPS) is 18.0. The van der Waals surface area contributed by atoms with E-state index < -0.39 is 0 Å². The van der Waals surface area contributed by atoms with Crippen molar-refractivity contribution in [3.63, 3.8) is 0 Å². The average molecular weight is 320 g/mol. The molecule has 5 heteroatoms. The Hall–Kier alpha value is -1.52. The van der Waals surface area contributed by atoms with Gasteiger partial charge in [0.1, 0.15) is 0 Å². The van der Waals surface area contributed by atoms with Crippen LogP contribution in [-0.2, 0) is 14.2 Å². The molecular formula is C18H28N2O3. The second-order valence-electron chi connectivity index (χ2n) is 5.41. The van der Waals surface area contributed by atoms with E-state index in [0.29, 0.717) is 32.5 Å². The summed E-state index contributed by atoms with van der Waals surface area (Å²) in [5, 5.41) is 3.28. The number of nitrogens with zero attached hydrogens (tertiary/aromatic N) is 1. The summed E-state index contributed by atoms with van der Waals surface area (Å²) in [5.74, 6) is 0. The van der Waals surface area contributed by atoms with Crippen molar-refractivity contribution in [2.45, 2.75) is 19.4 Å². The Morgan fingerprint density at radius 3 is 2.48 bits per heavy atom. The highest BCUT2D eigenvalue weighted by molar-refractivity contribution is 5.28. The first-order chi connectivity index (χ1) is 11.4. The van der Waals surface area contributed by atoms with Gasteiger partial charge in [0.2, 0.25) is 0 Å². The molecule has 23 heavy (non-hydrogen) atoms. The van der Waals surface area contributed by atoms with Crippen molar-refractivity contribution < 1.29 is 14.2 Å². The van der Waals surface area contributed by atoms with Gasteiger partial charge in [-0.15, -0.1) is 0 Å². The van der Waals surface area contributed by atoms with Crippen molar-refractivity contribution in [1.82, 2.24) is 10.2 Å². The lowest BCUT2D eigenvalue weighted by Gasteiger charge is -2.30. The first kappa shape index (κ1) is 17.8. The van der Waals surface area contributed by atoms with Gasteiger partial charge in [-0.25, -0.2) is 0 Å². The van der Waals surface area contributed by atoms with E-state index >= 15 is 0 Å². The largest absolute Gasteiger partial charge is 0.383 e. The minimum absolute atomic E-state index is 0.443. The molecule has 0 spiro atoms. The molecule has 0 radical (unpaired) electrons. The molecular weight excluding hydrogens is 292 g/mol. The number of hydrogen-bond acceptors (Lipinski definition) is 5. The molecule has 0 amide bonds. The quantitative estimate of drug-likeness (QED) is 0.391. The summed E-state index contributed by atoms with van der Waals surface area (Å²) in [6, 6.07) is 0.443. The fourth-order valence-electron chi connectivity index (χ4n) is 2.35. The summed E-state index contributed by atoms with van der Waals surface area (Å²) >= 11 is 0. The molecule has 1 N–H and O–H groups in total. The molecule has 0 aromatic carbocycles. The highest BCUT2D eigenvalue weighted by Crippen LogP contribution is 2.12. The molecule has 0 saturated carbocycles. The molecule has 1 aliphatic carbocycles. The Morgan fingerprint density at radius 1 is 1.13 bits per heavy atom. The maximum Gasteiger partial charge on any atom is 0.0800 e. The van der Waals surface area contributed by atoms with Crippen LogP contribution in [0, 0.1) is 0 Å². The maximum atomic E-state index is 5.62. The third-order valence-electron chi connectivity index (χ3n) is 3.64. The van der Waals surface area contributed by atoms with Crippen molar-refractivity contribution in [2.75, 3.05) is 52.7 Å². The van der Waals surface area contributed by atoms with Crippen LogP contribution in [0.1, 0.15) is 13.3 Å². The van der Waals surface area contributed by atoms with Gasteiger partial charge in [-0.3, -0.25) is 0 Å². The molecule has 128 valence electrons. The summed E-state index contributed by atoms with van der Waals surface area (Å²) in [7, 11) is 0. The third kappa shape index (κ3) is 7.06. The summed E-state index contributed by atoms with van der Waals surface area (Å²) in [4.78, 5) is 2.35. The van der Waals surface area contributed by atoms with Gasteiger partial charge >= 0.3 is 0 Å². The number of hydrogen-bond donors (Lipinski definition) is 1. The summed E-state index contributed by atoms with van der Waals surface area (Å²) in [6.45, 7) is 7.98. The molecule has 1 atom stereocenters. The molecule has 1 heterocycles. The number of nitrogens with one attached hydrogen (secondary N) is 1. The minimum atomic E-state index is 0.443. The monoisotopic (exact) mass is 320 g/mol. The Bertz CT molecular complexity index is 453. The van der Waals surface area contributed by atoms with Crippen LogP contribution in [0.4, 0.5) is 0 Å². The molecule has 0 saturated heterocycles. The van der Waals surface area contributed by atoms with Crippen LogP contribution in [0.25, 0.3) is 0 Å². The van der Waals surface area contributed by atoms with E-state index in [1.54, 1.807) is 0 Å². The van der Waals surface area contributed by atoms with Crippen LogP contribution < -0.4 is 5.32 Å². The Morgan fingerprint density at radius 2 is 1.87 bits per heavy atom. The maximum absolute atomic E-state index is 5.62. The predicted molar refractivity (Wildman–Crippen MR) is 91.1 cm³/mol. The van der Waals surface area contributed by atoms with E-state index in [0.717, 1.165) is 38.4 Å². The summed E-state index contributed by atoms with van der Waals surface area (Å²) in [5.41, 5.74) is 4.44. The molecule has 5 nitrogen and oxygen atoms in total. The van der Waals surface area contributed by atoms with Gasteiger partial charge in [-0.2, -0.15) is 0 Å². The summed E-state index contributed by atoms with van der Waals surface area (Å²) in [6.07, 6.45) is 11.3. The Labute approximate surface area is 139 Å². The van der Waals surface area contributed by atoms with E-state index in [1.165, 1.54) is 0 Å². The van der Waals surface area contributed by atoms with Crippen molar-refractivity contribution in [2.24, 2.45) is 0 Å². The van der Waals surface area contributed by atoms with E-state index in [-0.39, 0.29) is 0 Å². The molecule has 0 fully saturated rings. The lowest BCUT2D eigenvalue weighted by molar-refractivity contribution is 0.0157. The van der Waals surface area contributed by atoms with E-state index in [1.807, 2.05) is 25.3 Å². The molecule has 1 aliphatic heterocycles. The zero-order valence-electron chi connectivity index (χ0n) is 14.0. The second kappa shape index (κ2) is 11.1. The van der Waals surface area contributed by atoms with Gasteiger partial charge in [0.25, 0.3) is 0 Å². The van der Waals surface area contributed by atoms with Gasteiger partial charge in [0.05, 0.1) is 38.2 Å². The van der Waals surface area contributed by atoms with Gasteiger partial charge in [-0.1, -0.05) is 11.8 Å². The van der Waals surface area contributed by atoms with Gasteiger partial charge in [-0.05, 0) is 37.8 Å². The number of allylic oxidation sites excluding steroid dienone is 2. The standard InChI is InChI=1S/C18H28N2O3/c1-2-21-12-13-23-15-14-22-11-5-10-20(16-17-8-9-19-17)18-6-3-4-7-18/h3-4,6,8-9,17,19H,2,5,10-16H2,1H3. The molecule has 2 rings (SSSR count). The van der Waals surface area contributed by atoms with Crippen molar-refractivity contribution in [1.29, 1.82) is 0 Å². The molecule has 0 aromatic rings. The summed E-state index contributed by atoms with van der Waals surface area (Å²) < 4.78 is 16.2. The van der Waals surface area contributed by atoms with Crippen LogP contribution in [0.15, 0.2) is 41.9 Å². The van der Waals surface area contributed by atoms with Crippen molar-refractivity contribution >= 4 is 0 Å². The smallest absolute Gasteiger partial charge is 0.0800 e. The van der Waals surface area contributed by atoms with Crippen LogP contribution in [0.3, 0.4) is 0 Å². The van der Waals surface area contributed by atoms with Gasteiger partial charge < -0.3 is 24.4 Å². The van der Waals surface area contributed by atoms with Gasteiger partial charge in [0, 0.05) is 26.3 Å². The van der Waals surface area contributed by atoms with Crippen LogP contribution in [0.5, 0.6) is 0 Å². The first-order valence-electron chi connectivity index (χ1n) is 8.44. The average Bonchev–Trinajstić information content (AvgIpc) is 3.04. The van der Waals surface area contributed by atoms with Gasteiger partial charge in [0.15, 0.2) is 0 Å². The van der Waals surface area contributed by atoms with Crippen LogP contribution in [0.2, 0.25) is 0 Å². The minimum Gasteiger partial charge on any atom is -0.383 e. The van der Waals surface area contributed by atoms with Crippen molar-refractivity contribution in [3.8, 4) is 0 Å². The van der Waals surface area contributed by atoms with E-state index in [4.69, 9.17) is 14.2 Å². The van der Waals surface area contributed by atoms with E-state index in [9.17, 15) is 0 Å². The highest BCUT2D eigenvalue weighted by atomic mass is 16.5. The van der Waals surface area contributed by atoms with E-state index in [2.05, 4.69) is 28.1 Å². The zero-order valence-corrected chi connectivity index (χ0v) is 14.0. The number of ether oxygens (including phenoxy) is 3. The molecule has 1 unspecified atom stereocenters. The van der Waals surface area contributed by atoms with Crippen molar-refractivity contribution in [3.05, 3.63) is 41.9 Å². The highest BCUT2D eigenvalue weighted by Gasteiger charge is 2.16. The Kier molecular flexibility index (Phi) is 8.59. The lowest BCUT2D eigenvalue weighted by Crippen LogP contribution is -2.42. The van der Waals surface area contributed by atoms with Crippen LogP contribution in [-0.4, -0.2) is 63.7 Å². The van der Waals surface area contributed by atoms with Crippen LogP contribution >= 0.6 is 0 Å². The molecule has 0 aromatic heterocycles.